The Morgan fingerprint density at radius 3 is 2.86 bits per heavy atom. The molecule has 0 aliphatic carbocycles. The van der Waals surface area contributed by atoms with E-state index in [0.717, 1.165) is 29.4 Å². The highest BCUT2D eigenvalue weighted by atomic mass is 35.5. The molecule has 1 aromatic carbocycles. The Hall–Kier alpha value is -2.82. The quantitative estimate of drug-likeness (QED) is 0.541. The van der Waals surface area contributed by atoms with Crippen molar-refractivity contribution in [2.45, 2.75) is 70.6 Å². The normalized spacial score (nSPS) is 25.2. The number of benzene rings is 1. The van der Waals surface area contributed by atoms with E-state index in [1.54, 1.807) is 9.42 Å². The molecule has 1 amide bonds. The Morgan fingerprint density at radius 2 is 2.08 bits per heavy atom. The zero-order valence-corrected chi connectivity index (χ0v) is 21.4. The molecule has 0 saturated carbocycles. The Kier molecular flexibility index (Phi) is 6.08. The maximum atomic E-state index is 15.4. The van der Waals surface area contributed by atoms with Gasteiger partial charge in [0.2, 0.25) is 0 Å². The smallest absolute Gasteiger partial charge is 0.258 e. The number of carbonyl (C=O) groups excluding carboxylic acids is 1. The average molecular weight is 532 g/mol. The number of aryl methyl sites for hydroxylation is 2. The van der Waals surface area contributed by atoms with Crippen molar-refractivity contribution in [1.29, 1.82) is 0 Å². The fraction of sp³-hybridized carbons (Fsp3) is 0.500. The second-order valence-electron chi connectivity index (χ2n) is 10.2. The average Bonchev–Trinajstić information content (AvgIpc) is 3.53. The number of hydrogen-bond acceptors (Lipinski definition) is 6. The van der Waals surface area contributed by atoms with Gasteiger partial charge >= 0.3 is 0 Å². The molecule has 5 heterocycles. The lowest BCUT2D eigenvalue weighted by Gasteiger charge is -2.41. The van der Waals surface area contributed by atoms with Crippen molar-refractivity contribution in [3.8, 4) is 5.75 Å². The third-order valence-electron chi connectivity index (χ3n) is 7.97. The topological polar surface area (TPSA) is 83.2 Å². The summed E-state index contributed by atoms with van der Waals surface area (Å²) in [7, 11) is 0. The summed E-state index contributed by atoms with van der Waals surface area (Å²) < 4.78 is 37.4. The van der Waals surface area contributed by atoms with Crippen LogP contribution in [-0.4, -0.2) is 72.9 Å². The van der Waals surface area contributed by atoms with Gasteiger partial charge in [-0.15, -0.1) is 0 Å². The van der Waals surface area contributed by atoms with Crippen molar-refractivity contribution in [1.82, 2.24) is 24.4 Å². The fourth-order valence-corrected chi connectivity index (χ4v) is 6.27. The van der Waals surface area contributed by atoms with Gasteiger partial charge in [0.15, 0.2) is 11.8 Å². The predicted octanol–water partition coefficient (Wildman–Crippen LogP) is 3.61. The minimum atomic E-state index is -1.30. The van der Waals surface area contributed by atoms with E-state index in [9.17, 15) is 14.3 Å². The van der Waals surface area contributed by atoms with Crippen LogP contribution in [-0.2, 0) is 13.1 Å². The van der Waals surface area contributed by atoms with Gasteiger partial charge < -0.3 is 14.7 Å². The van der Waals surface area contributed by atoms with Crippen LogP contribution in [0, 0.1) is 19.7 Å². The number of alkyl halides is 1. The molecule has 3 aliphatic rings. The number of aliphatic hydroxyl groups excluding tert-OH is 1. The summed E-state index contributed by atoms with van der Waals surface area (Å²) in [6.45, 7) is 4.64. The molecule has 4 atom stereocenters. The van der Waals surface area contributed by atoms with E-state index < -0.39 is 18.1 Å². The number of piperidine rings is 1. The van der Waals surface area contributed by atoms with Crippen LogP contribution in [0.25, 0.3) is 5.65 Å². The zero-order valence-electron chi connectivity index (χ0n) is 20.6. The van der Waals surface area contributed by atoms with Crippen molar-refractivity contribution in [2.75, 3.05) is 13.2 Å². The number of aliphatic hydroxyl groups is 1. The first-order valence-electron chi connectivity index (χ1n) is 12.6. The van der Waals surface area contributed by atoms with Crippen LogP contribution in [0.15, 0.2) is 18.2 Å². The molecule has 8 nitrogen and oxygen atoms in total. The summed E-state index contributed by atoms with van der Waals surface area (Å²) >= 11 is 6.33. The molecule has 3 aromatic rings. The molecule has 1 N–H and O–H groups in total. The molecule has 196 valence electrons. The Morgan fingerprint density at radius 1 is 1.27 bits per heavy atom. The van der Waals surface area contributed by atoms with Gasteiger partial charge in [0.05, 0.1) is 47.4 Å². The van der Waals surface area contributed by atoms with E-state index in [2.05, 4.69) is 10.1 Å². The van der Waals surface area contributed by atoms with E-state index in [-0.39, 0.29) is 49.0 Å². The minimum absolute atomic E-state index is 0.0292. The molecule has 2 fully saturated rings. The highest BCUT2D eigenvalue weighted by Crippen LogP contribution is 2.40. The van der Waals surface area contributed by atoms with Gasteiger partial charge in [0.1, 0.15) is 17.7 Å². The zero-order chi connectivity index (χ0) is 26.0. The number of halogens is 3. The molecule has 37 heavy (non-hydrogen) atoms. The number of amides is 1. The Balaban J connectivity index is 1.25. The van der Waals surface area contributed by atoms with Crippen LogP contribution in [0.3, 0.4) is 0 Å². The first-order valence-corrected chi connectivity index (χ1v) is 12.9. The van der Waals surface area contributed by atoms with Crippen molar-refractivity contribution in [3.05, 3.63) is 57.2 Å². The number of rotatable bonds is 5. The highest BCUT2D eigenvalue weighted by molar-refractivity contribution is 6.31. The van der Waals surface area contributed by atoms with E-state index in [0.29, 0.717) is 35.8 Å². The first kappa shape index (κ1) is 24.5. The number of carbonyl (C=O) groups is 1. The molecule has 2 bridgehead atoms. The molecular weight excluding hydrogens is 504 g/mol. The molecule has 2 aromatic heterocycles. The lowest BCUT2D eigenvalue weighted by molar-refractivity contribution is -0.0279. The molecular formula is C26H28ClF2N5O3. The van der Waals surface area contributed by atoms with E-state index >= 15 is 4.39 Å². The van der Waals surface area contributed by atoms with Gasteiger partial charge in [-0.1, -0.05) is 11.6 Å². The largest absolute Gasteiger partial charge is 0.486 e. The predicted molar refractivity (Wildman–Crippen MR) is 132 cm³/mol. The monoisotopic (exact) mass is 531 g/mol. The maximum absolute atomic E-state index is 15.4. The summed E-state index contributed by atoms with van der Waals surface area (Å²) in [6.07, 6.45) is -0.161. The molecule has 0 spiro atoms. The number of nitrogens with zero attached hydrogens (tertiary/aromatic N) is 5. The van der Waals surface area contributed by atoms with Gasteiger partial charge in [-0.25, -0.2) is 18.3 Å². The first-order chi connectivity index (χ1) is 17.8. The second kappa shape index (κ2) is 9.18. The summed E-state index contributed by atoms with van der Waals surface area (Å²) in [6, 6.07) is 3.51. The summed E-state index contributed by atoms with van der Waals surface area (Å²) in [5.41, 5.74) is 3.89. The summed E-state index contributed by atoms with van der Waals surface area (Å²) in [5.74, 6) is -0.857. The molecule has 1 unspecified atom stereocenters. The van der Waals surface area contributed by atoms with Crippen LogP contribution >= 0.6 is 11.6 Å². The van der Waals surface area contributed by atoms with Crippen LogP contribution in [0.2, 0.25) is 5.02 Å². The molecule has 2 saturated heterocycles. The molecule has 6 rings (SSSR count). The molecule has 11 heteroatoms. The lowest BCUT2D eigenvalue weighted by atomic mass is 9.97. The highest BCUT2D eigenvalue weighted by Gasteiger charge is 2.48. The molecule has 0 radical (unpaired) electrons. The van der Waals surface area contributed by atoms with Crippen LogP contribution in [0.5, 0.6) is 5.75 Å². The van der Waals surface area contributed by atoms with Gasteiger partial charge in [-0.05, 0) is 38.8 Å². The third-order valence-corrected chi connectivity index (χ3v) is 8.52. The Labute approximate surface area is 217 Å². The SMILES string of the molecule is Cc1nc2c3c(nn2c(C)c1Cl)CN(C(=O)c1ccc(F)cc1O[C@H]1C[C@@H]2CC[C@@H](C1F)N2CCO)C3. The fourth-order valence-electron chi connectivity index (χ4n) is 6.14. The number of aromatic nitrogens is 3. The van der Waals surface area contributed by atoms with Gasteiger partial charge in [0, 0.05) is 36.7 Å². The number of ether oxygens (including phenoxy) is 1. The van der Waals surface area contributed by atoms with Crippen molar-refractivity contribution < 1.29 is 23.4 Å². The second-order valence-corrected chi connectivity index (χ2v) is 10.5. The number of fused-ring (bicyclic) bond motifs is 5. The van der Waals surface area contributed by atoms with Gasteiger partial charge in [-0.2, -0.15) is 5.10 Å². The van der Waals surface area contributed by atoms with Crippen LogP contribution < -0.4 is 4.74 Å². The Bertz CT molecular complexity index is 1400. The maximum Gasteiger partial charge on any atom is 0.258 e. The van der Waals surface area contributed by atoms with Crippen molar-refractivity contribution in [3.63, 3.8) is 0 Å². The van der Waals surface area contributed by atoms with E-state index in [1.807, 2.05) is 18.7 Å². The summed E-state index contributed by atoms with van der Waals surface area (Å²) in [5, 5.41) is 14.5. The van der Waals surface area contributed by atoms with E-state index in [1.165, 1.54) is 12.1 Å². The minimum Gasteiger partial charge on any atom is -0.486 e. The van der Waals surface area contributed by atoms with E-state index in [4.69, 9.17) is 16.3 Å². The van der Waals surface area contributed by atoms with Crippen LogP contribution in [0.4, 0.5) is 8.78 Å². The van der Waals surface area contributed by atoms with Crippen molar-refractivity contribution in [2.24, 2.45) is 0 Å². The molecule has 3 aliphatic heterocycles. The number of hydrogen-bond donors (Lipinski definition) is 1. The van der Waals surface area contributed by atoms with Gasteiger partial charge in [0.25, 0.3) is 5.91 Å². The summed E-state index contributed by atoms with van der Waals surface area (Å²) in [4.78, 5) is 21.8. The van der Waals surface area contributed by atoms with Crippen LogP contribution in [0.1, 0.15) is 52.3 Å². The van der Waals surface area contributed by atoms with Gasteiger partial charge in [-0.3, -0.25) is 9.69 Å². The third kappa shape index (κ3) is 3.97. The standard InChI is InChI=1S/C26H28ClF2N5O3/c1-13-23(27)14(2)34-25(30-13)18-11-32(12-19(18)31-34)26(36)17-5-3-15(28)9-21(17)37-22-10-16-4-6-20(24(22)29)33(16)7-8-35/h3,5,9,16,20,22,24,35H,4,6-8,10-12H2,1-2H3/t16-,20-,22-,24?/m0/s1. The lowest BCUT2D eigenvalue weighted by Crippen LogP contribution is -2.54. The van der Waals surface area contributed by atoms with Crippen molar-refractivity contribution >= 4 is 23.2 Å².